The lowest BCUT2D eigenvalue weighted by Gasteiger charge is -2.14. The quantitative estimate of drug-likeness (QED) is 0.820. The predicted molar refractivity (Wildman–Crippen MR) is 64.7 cm³/mol. The third kappa shape index (κ3) is 2.76. The zero-order chi connectivity index (χ0) is 14.0. The summed E-state index contributed by atoms with van der Waals surface area (Å²) in [5, 5.41) is 0. The molecule has 0 aliphatic heterocycles. The molecule has 2 rings (SSSR count). The lowest BCUT2D eigenvalue weighted by Crippen LogP contribution is -2.09. The molecule has 0 aliphatic carbocycles. The molecular formula is C14H11F4N. The molecule has 2 N–H and O–H groups in total. The Morgan fingerprint density at radius 3 is 2.21 bits per heavy atom. The summed E-state index contributed by atoms with van der Waals surface area (Å²) in [4.78, 5) is 0. The zero-order valence-electron chi connectivity index (χ0n) is 9.84. The van der Waals surface area contributed by atoms with Gasteiger partial charge in [0.15, 0.2) is 0 Å². The topological polar surface area (TPSA) is 26.0 Å². The average molecular weight is 269 g/mol. The maximum atomic E-state index is 13.7. The van der Waals surface area contributed by atoms with Crippen molar-refractivity contribution in [3.8, 4) is 11.1 Å². The Morgan fingerprint density at radius 2 is 1.63 bits per heavy atom. The number of alkyl halides is 3. The highest BCUT2D eigenvalue weighted by Gasteiger charge is 2.34. The van der Waals surface area contributed by atoms with Crippen molar-refractivity contribution in [2.75, 3.05) is 0 Å². The zero-order valence-corrected chi connectivity index (χ0v) is 9.84. The first-order valence-electron chi connectivity index (χ1n) is 5.58. The summed E-state index contributed by atoms with van der Waals surface area (Å²) in [6.07, 6.45) is -4.54. The highest BCUT2D eigenvalue weighted by Crippen LogP contribution is 2.38. The number of benzene rings is 2. The Balaban J connectivity index is 2.69. The normalized spacial score (nSPS) is 11.6. The summed E-state index contributed by atoms with van der Waals surface area (Å²) in [6, 6.07) is 8.88. The maximum absolute atomic E-state index is 13.7. The van der Waals surface area contributed by atoms with Crippen molar-refractivity contribution in [3.63, 3.8) is 0 Å². The van der Waals surface area contributed by atoms with Gasteiger partial charge in [0, 0.05) is 12.1 Å². The van der Waals surface area contributed by atoms with Crippen LogP contribution in [0.25, 0.3) is 11.1 Å². The lowest BCUT2D eigenvalue weighted by atomic mass is 9.96. The molecule has 0 atom stereocenters. The van der Waals surface area contributed by atoms with Gasteiger partial charge in [-0.05, 0) is 29.3 Å². The maximum Gasteiger partial charge on any atom is 0.417 e. The molecule has 0 spiro atoms. The van der Waals surface area contributed by atoms with Crippen molar-refractivity contribution in [1.29, 1.82) is 0 Å². The van der Waals surface area contributed by atoms with Gasteiger partial charge in [-0.15, -0.1) is 0 Å². The molecule has 19 heavy (non-hydrogen) atoms. The van der Waals surface area contributed by atoms with Crippen LogP contribution in [0.5, 0.6) is 0 Å². The Hall–Kier alpha value is -1.88. The molecule has 0 bridgehead atoms. The van der Waals surface area contributed by atoms with Gasteiger partial charge in [-0.25, -0.2) is 4.39 Å². The molecule has 0 aliphatic rings. The van der Waals surface area contributed by atoms with Crippen LogP contribution in [-0.4, -0.2) is 0 Å². The summed E-state index contributed by atoms with van der Waals surface area (Å²) >= 11 is 0. The minimum Gasteiger partial charge on any atom is -0.326 e. The third-order valence-electron chi connectivity index (χ3n) is 2.79. The van der Waals surface area contributed by atoms with Gasteiger partial charge in [-0.1, -0.05) is 24.3 Å². The van der Waals surface area contributed by atoms with Crippen LogP contribution in [0.2, 0.25) is 0 Å². The highest BCUT2D eigenvalue weighted by atomic mass is 19.4. The van der Waals surface area contributed by atoms with E-state index in [1.54, 1.807) is 0 Å². The summed E-state index contributed by atoms with van der Waals surface area (Å²) in [5.41, 5.74) is 4.81. The Kier molecular flexibility index (Phi) is 3.57. The Bertz CT molecular complexity index is 590. The monoisotopic (exact) mass is 269 g/mol. The molecule has 0 aromatic heterocycles. The van der Waals surface area contributed by atoms with Crippen molar-refractivity contribution in [1.82, 2.24) is 0 Å². The van der Waals surface area contributed by atoms with Gasteiger partial charge < -0.3 is 5.73 Å². The summed E-state index contributed by atoms with van der Waals surface area (Å²) in [5.74, 6) is -0.692. The van der Waals surface area contributed by atoms with Crippen molar-refractivity contribution in [3.05, 3.63) is 59.4 Å². The fourth-order valence-corrected chi connectivity index (χ4v) is 1.87. The second-order valence-corrected chi connectivity index (χ2v) is 4.06. The molecule has 5 heteroatoms. The first kappa shape index (κ1) is 13.5. The average Bonchev–Trinajstić information content (AvgIpc) is 2.37. The largest absolute Gasteiger partial charge is 0.417 e. The van der Waals surface area contributed by atoms with E-state index in [-0.39, 0.29) is 17.7 Å². The number of halogens is 4. The van der Waals surface area contributed by atoms with Crippen LogP contribution in [0.4, 0.5) is 17.6 Å². The van der Waals surface area contributed by atoms with Crippen LogP contribution in [0.1, 0.15) is 11.1 Å². The van der Waals surface area contributed by atoms with Crippen LogP contribution >= 0.6 is 0 Å². The molecule has 2 aromatic carbocycles. The van der Waals surface area contributed by atoms with Gasteiger partial charge in [0.05, 0.1) is 5.56 Å². The van der Waals surface area contributed by atoms with Crippen molar-refractivity contribution in [2.24, 2.45) is 5.73 Å². The van der Waals surface area contributed by atoms with Gasteiger partial charge >= 0.3 is 6.18 Å². The molecule has 100 valence electrons. The summed E-state index contributed by atoms with van der Waals surface area (Å²) in [6.45, 7) is 0.0968. The molecule has 2 aromatic rings. The van der Waals surface area contributed by atoms with E-state index in [0.717, 1.165) is 12.1 Å². The molecule has 0 amide bonds. The van der Waals surface area contributed by atoms with Crippen LogP contribution in [0.15, 0.2) is 42.5 Å². The van der Waals surface area contributed by atoms with Crippen molar-refractivity contribution >= 4 is 0 Å². The summed E-state index contributed by atoms with van der Waals surface area (Å²) in [7, 11) is 0. The van der Waals surface area contributed by atoms with Crippen LogP contribution in [-0.2, 0) is 12.7 Å². The van der Waals surface area contributed by atoms with Gasteiger partial charge in [0.2, 0.25) is 0 Å². The van der Waals surface area contributed by atoms with Crippen LogP contribution < -0.4 is 5.73 Å². The fraction of sp³-hybridized carbons (Fsp3) is 0.143. The molecule has 0 saturated heterocycles. The van der Waals surface area contributed by atoms with Crippen molar-refractivity contribution in [2.45, 2.75) is 12.7 Å². The molecule has 0 saturated carbocycles. The number of nitrogens with two attached hydrogens (primary N) is 1. The van der Waals surface area contributed by atoms with E-state index in [1.165, 1.54) is 30.3 Å². The van der Waals surface area contributed by atoms with Gasteiger partial charge in [-0.2, -0.15) is 13.2 Å². The highest BCUT2D eigenvalue weighted by molar-refractivity contribution is 5.69. The smallest absolute Gasteiger partial charge is 0.326 e. The second kappa shape index (κ2) is 5.01. The lowest BCUT2D eigenvalue weighted by molar-refractivity contribution is -0.137. The standard InChI is InChI=1S/C14H11F4N/c15-13-4-2-1-3-10(13)11-7-9(8-19)5-6-12(11)14(16,17)18/h1-7H,8,19H2. The van der Waals surface area contributed by atoms with E-state index in [2.05, 4.69) is 0 Å². The predicted octanol–water partition coefficient (Wildman–Crippen LogP) is 3.97. The second-order valence-electron chi connectivity index (χ2n) is 4.06. The van der Waals surface area contributed by atoms with E-state index >= 15 is 0 Å². The Labute approximate surface area is 107 Å². The molecule has 1 nitrogen and oxygen atoms in total. The van der Waals surface area contributed by atoms with E-state index in [1.807, 2.05) is 0 Å². The minimum atomic E-state index is -4.54. The molecular weight excluding hydrogens is 258 g/mol. The SMILES string of the molecule is NCc1ccc(C(F)(F)F)c(-c2ccccc2F)c1. The number of rotatable bonds is 2. The number of hydrogen-bond donors (Lipinski definition) is 1. The molecule has 0 heterocycles. The first-order valence-corrected chi connectivity index (χ1v) is 5.58. The van der Waals surface area contributed by atoms with Gasteiger partial charge in [0.1, 0.15) is 5.82 Å². The molecule has 0 radical (unpaired) electrons. The first-order chi connectivity index (χ1) is 8.93. The van der Waals surface area contributed by atoms with Crippen molar-refractivity contribution < 1.29 is 17.6 Å². The van der Waals surface area contributed by atoms with Gasteiger partial charge in [-0.3, -0.25) is 0 Å². The van der Waals surface area contributed by atoms with Crippen LogP contribution in [0.3, 0.4) is 0 Å². The van der Waals surface area contributed by atoms with Gasteiger partial charge in [0.25, 0.3) is 0 Å². The van der Waals surface area contributed by atoms with E-state index in [9.17, 15) is 17.6 Å². The van der Waals surface area contributed by atoms with Crippen LogP contribution in [0, 0.1) is 5.82 Å². The van der Waals surface area contributed by atoms with E-state index in [0.29, 0.717) is 5.56 Å². The van der Waals surface area contributed by atoms with E-state index < -0.39 is 17.6 Å². The fourth-order valence-electron chi connectivity index (χ4n) is 1.87. The molecule has 0 fully saturated rings. The minimum absolute atomic E-state index is 0.0786. The third-order valence-corrected chi connectivity index (χ3v) is 2.79. The van der Waals surface area contributed by atoms with E-state index in [4.69, 9.17) is 5.73 Å². The summed E-state index contributed by atoms with van der Waals surface area (Å²) < 4.78 is 52.5. The Morgan fingerprint density at radius 1 is 0.947 bits per heavy atom. The molecule has 0 unspecified atom stereocenters. The number of hydrogen-bond acceptors (Lipinski definition) is 1.